The first-order chi connectivity index (χ1) is 11.6. The van der Waals surface area contributed by atoms with Gasteiger partial charge in [-0.25, -0.2) is 0 Å². The number of rotatable bonds is 4. The van der Waals surface area contributed by atoms with E-state index in [0.717, 1.165) is 32.4 Å². The van der Waals surface area contributed by atoms with Gasteiger partial charge in [0, 0.05) is 25.1 Å². The molecule has 2 aliphatic heterocycles. The average Bonchev–Trinajstić information content (AvgIpc) is 2.63. The zero-order valence-corrected chi connectivity index (χ0v) is 13.9. The van der Waals surface area contributed by atoms with Gasteiger partial charge in [-0.2, -0.15) is 0 Å². The van der Waals surface area contributed by atoms with Gasteiger partial charge in [-0.05, 0) is 37.5 Å². The van der Waals surface area contributed by atoms with E-state index in [-0.39, 0.29) is 30.7 Å². The molecular formula is C18H22N2O4. The molecule has 0 aliphatic carbocycles. The van der Waals surface area contributed by atoms with E-state index >= 15 is 0 Å². The molecule has 0 bridgehead atoms. The Morgan fingerprint density at radius 2 is 1.92 bits per heavy atom. The lowest BCUT2D eigenvalue weighted by Crippen LogP contribution is -2.47. The summed E-state index contributed by atoms with van der Waals surface area (Å²) < 4.78 is 5.43. The van der Waals surface area contributed by atoms with Gasteiger partial charge in [0.05, 0.1) is 5.69 Å². The maximum absolute atomic E-state index is 12.5. The maximum Gasteiger partial charge on any atom is 0.265 e. The van der Waals surface area contributed by atoms with Crippen molar-refractivity contribution >= 4 is 23.3 Å². The largest absolute Gasteiger partial charge is 0.482 e. The number of likely N-dealkylation sites (tertiary alicyclic amines) is 1. The van der Waals surface area contributed by atoms with E-state index in [1.54, 1.807) is 25.1 Å². The van der Waals surface area contributed by atoms with Crippen molar-refractivity contribution in [1.82, 2.24) is 4.90 Å². The van der Waals surface area contributed by atoms with Crippen molar-refractivity contribution in [1.29, 1.82) is 0 Å². The summed E-state index contributed by atoms with van der Waals surface area (Å²) in [4.78, 5) is 40.0. The standard InChI is InChI=1S/C18H22N2O4/c1-2-15(21)13-6-7-16-14(10-13)20(18(23)12-24-16)11-17(22)19-8-4-3-5-9-19/h6-7,10H,2-5,8-9,11-12H2,1H3. The smallest absolute Gasteiger partial charge is 0.265 e. The first kappa shape index (κ1) is 16.5. The molecule has 0 unspecified atom stereocenters. The number of hydrogen-bond acceptors (Lipinski definition) is 4. The van der Waals surface area contributed by atoms with E-state index in [4.69, 9.17) is 4.74 Å². The summed E-state index contributed by atoms with van der Waals surface area (Å²) in [6.07, 6.45) is 3.55. The molecule has 1 saturated heterocycles. The summed E-state index contributed by atoms with van der Waals surface area (Å²) in [6.45, 7) is 3.21. The van der Waals surface area contributed by atoms with Crippen molar-refractivity contribution < 1.29 is 19.1 Å². The molecule has 0 radical (unpaired) electrons. The molecule has 2 heterocycles. The SMILES string of the molecule is CCC(=O)c1ccc2c(c1)N(CC(=O)N1CCCCC1)C(=O)CO2. The highest BCUT2D eigenvalue weighted by Crippen LogP contribution is 2.33. The second kappa shape index (κ2) is 7.03. The molecule has 1 fully saturated rings. The molecule has 0 aromatic heterocycles. The van der Waals surface area contributed by atoms with E-state index in [1.165, 1.54) is 4.90 Å². The lowest BCUT2D eigenvalue weighted by molar-refractivity contribution is -0.132. The molecule has 6 nitrogen and oxygen atoms in total. The molecule has 0 saturated carbocycles. The monoisotopic (exact) mass is 330 g/mol. The predicted molar refractivity (Wildman–Crippen MR) is 89.3 cm³/mol. The van der Waals surface area contributed by atoms with Crippen LogP contribution in [0, 0.1) is 0 Å². The zero-order valence-electron chi connectivity index (χ0n) is 13.9. The van der Waals surface area contributed by atoms with Crippen molar-refractivity contribution in [2.45, 2.75) is 32.6 Å². The quantitative estimate of drug-likeness (QED) is 0.792. The van der Waals surface area contributed by atoms with Gasteiger partial charge in [-0.3, -0.25) is 19.3 Å². The number of ether oxygens (including phenoxy) is 1. The number of nitrogens with zero attached hydrogens (tertiary/aromatic N) is 2. The van der Waals surface area contributed by atoms with Gasteiger partial charge >= 0.3 is 0 Å². The van der Waals surface area contributed by atoms with E-state index < -0.39 is 0 Å². The highest BCUT2D eigenvalue weighted by atomic mass is 16.5. The van der Waals surface area contributed by atoms with Crippen LogP contribution in [-0.4, -0.2) is 48.7 Å². The predicted octanol–water partition coefficient (Wildman–Crippen LogP) is 2.02. The van der Waals surface area contributed by atoms with Crippen molar-refractivity contribution in [2.24, 2.45) is 0 Å². The lowest BCUT2D eigenvalue weighted by atomic mass is 10.1. The molecule has 3 rings (SSSR count). The minimum atomic E-state index is -0.256. The number of benzene rings is 1. The molecule has 1 aromatic rings. The fourth-order valence-electron chi connectivity index (χ4n) is 3.13. The maximum atomic E-state index is 12.5. The molecule has 0 atom stereocenters. The Morgan fingerprint density at radius 3 is 2.62 bits per heavy atom. The number of carbonyl (C=O) groups is 3. The summed E-state index contributed by atoms with van der Waals surface area (Å²) >= 11 is 0. The van der Waals surface area contributed by atoms with Crippen LogP contribution >= 0.6 is 0 Å². The third-order valence-corrected chi connectivity index (χ3v) is 4.55. The normalized spacial score (nSPS) is 17.3. The van der Waals surface area contributed by atoms with Crippen molar-refractivity contribution in [3.8, 4) is 5.75 Å². The first-order valence-electron chi connectivity index (χ1n) is 8.48. The number of amides is 2. The van der Waals surface area contributed by atoms with E-state index in [1.807, 2.05) is 4.90 Å². The Morgan fingerprint density at radius 1 is 1.17 bits per heavy atom. The molecule has 2 amide bonds. The van der Waals surface area contributed by atoms with E-state index in [2.05, 4.69) is 0 Å². The second-order valence-electron chi connectivity index (χ2n) is 6.17. The zero-order chi connectivity index (χ0) is 17.1. The third kappa shape index (κ3) is 3.27. The van der Waals surface area contributed by atoms with Crippen LogP contribution in [0.5, 0.6) is 5.75 Å². The Hall–Kier alpha value is -2.37. The van der Waals surface area contributed by atoms with Crippen molar-refractivity contribution in [3.63, 3.8) is 0 Å². The third-order valence-electron chi connectivity index (χ3n) is 4.55. The van der Waals surface area contributed by atoms with E-state index in [0.29, 0.717) is 23.4 Å². The number of carbonyl (C=O) groups excluding carboxylic acids is 3. The van der Waals surface area contributed by atoms with Crippen molar-refractivity contribution in [3.05, 3.63) is 23.8 Å². The molecular weight excluding hydrogens is 308 g/mol. The molecule has 6 heteroatoms. The highest BCUT2D eigenvalue weighted by Gasteiger charge is 2.30. The van der Waals surface area contributed by atoms with Crippen LogP contribution in [0.1, 0.15) is 43.0 Å². The minimum Gasteiger partial charge on any atom is -0.482 e. The summed E-state index contributed by atoms with van der Waals surface area (Å²) in [5, 5.41) is 0. The van der Waals surface area contributed by atoms with Crippen molar-refractivity contribution in [2.75, 3.05) is 31.1 Å². The van der Waals surface area contributed by atoms with Crippen LogP contribution in [0.25, 0.3) is 0 Å². The molecule has 0 N–H and O–H groups in total. The van der Waals surface area contributed by atoms with Crippen LogP contribution in [0.15, 0.2) is 18.2 Å². The number of Topliss-reactive ketones (excluding diaryl/α,β-unsaturated/α-hetero) is 1. The van der Waals surface area contributed by atoms with Crippen LogP contribution in [0.3, 0.4) is 0 Å². The number of piperidine rings is 1. The van der Waals surface area contributed by atoms with E-state index in [9.17, 15) is 14.4 Å². The number of ketones is 1. The number of hydrogen-bond donors (Lipinski definition) is 0. The summed E-state index contributed by atoms with van der Waals surface area (Å²) in [5.41, 5.74) is 1.04. The van der Waals surface area contributed by atoms with Gasteiger partial charge < -0.3 is 9.64 Å². The molecule has 2 aliphatic rings. The van der Waals surface area contributed by atoms with Gasteiger partial charge in [-0.15, -0.1) is 0 Å². The van der Waals surface area contributed by atoms with Gasteiger partial charge in [0.15, 0.2) is 12.4 Å². The topological polar surface area (TPSA) is 66.9 Å². The Bertz CT molecular complexity index is 665. The van der Waals surface area contributed by atoms with Crippen LogP contribution in [0.2, 0.25) is 0 Å². The van der Waals surface area contributed by atoms with Gasteiger partial charge in [-0.1, -0.05) is 6.92 Å². The fraction of sp³-hybridized carbons (Fsp3) is 0.500. The Labute approximate surface area is 141 Å². The molecule has 24 heavy (non-hydrogen) atoms. The number of fused-ring (bicyclic) bond motifs is 1. The molecule has 128 valence electrons. The van der Waals surface area contributed by atoms with Gasteiger partial charge in [0.2, 0.25) is 5.91 Å². The molecule has 1 aromatic carbocycles. The Balaban J connectivity index is 1.84. The second-order valence-corrected chi connectivity index (χ2v) is 6.17. The number of anilines is 1. The lowest BCUT2D eigenvalue weighted by Gasteiger charge is -2.32. The first-order valence-corrected chi connectivity index (χ1v) is 8.48. The average molecular weight is 330 g/mol. The summed E-state index contributed by atoms with van der Waals surface area (Å²) in [5.74, 6) is 0.226. The summed E-state index contributed by atoms with van der Waals surface area (Å²) in [7, 11) is 0. The van der Waals surface area contributed by atoms with Crippen LogP contribution in [0.4, 0.5) is 5.69 Å². The van der Waals surface area contributed by atoms with Gasteiger partial charge in [0.25, 0.3) is 5.91 Å². The molecule has 0 spiro atoms. The van der Waals surface area contributed by atoms with Crippen LogP contribution in [-0.2, 0) is 9.59 Å². The fourth-order valence-corrected chi connectivity index (χ4v) is 3.13. The minimum absolute atomic E-state index is 0.00103. The highest BCUT2D eigenvalue weighted by molar-refractivity contribution is 6.04. The van der Waals surface area contributed by atoms with Crippen LogP contribution < -0.4 is 9.64 Å². The van der Waals surface area contributed by atoms with Gasteiger partial charge in [0.1, 0.15) is 12.3 Å². The summed E-state index contributed by atoms with van der Waals surface area (Å²) in [6, 6.07) is 5.05. The Kier molecular flexibility index (Phi) is 4.83.